The van der Waals surface area contributed by atoms with Gasteiger partial charge in [-0.1, -0.05) is 6.92 Å². The van der Waals surface area contributed by atoms with E-state index >= 15 is 0 Å². The smallest absolute Gasteiger partial charge is 0.0348 e. The third-order valence-electron chi connectivity index (χ3n) is 2.82. The summed E-state index contributed by atoms with van der Waals surface area (Å²) in [6, 6.07) is 4.91. The highest BCUT2D eigenvalue weighted by molar-refractivity contribution is 5.09. The Morgan fingerprint density at radius 2 is 2.14 bits per heavy atom. The topological polar surface area (TPSA) is 28.2 Å². The van der Waals surface area contributed by atoms with Crippen LogP contribution in [0.25, 0.3) is 0 Å². The van der Waals surface area contributed by atoms with E-state index in [0.717, 1.165) is 32.2 Å². The van der Waals surface area contributed by atoms with Gasteiger partial charge in [-0.3, -0.25) is 9.88 Å². The van der Waals surface area contributed by atoms with Crippen LogP contribution in [0, 0.1) is 0 Å². The highest BCUT2D eigenvalue weighted by Crippen LogP contribution is 2.09. The zero-order chi connectivity index (χ0) is 9.80. The molecule has 2 rings (SSSR count). The van der Waals surface area contributed by atoms with Crippen LogP contribution in [0.1, 0.15) is 12.5 Å². The van der Waals surface area contributed by atoms with Crippen molar-refractivity contribution >= 4 is 0 Å². The van der Waals surface area contributed by atoms with Gasteiger partial charge in [-0.15, -0.1) is 0 Å². The number of nitrogens with one attached hydrogen (secondary N) is 1. The summed E-state index contributed by atoms with van der Waals surface area (Å²) in [4.78, 5) is 6.53. The molecule has 76 valence electrons. The van der Waals surface area contributed by atoms with Gasteiger partial charge in [0.25, 0.3) is 0 Å². The molecule has 1 fully saturated rings. The van der Waals surface area contributed by atoms with Crippen LogP contribution in [0.2, 0.25) is 0 Å². The molecule has 14 heavy (non-hydrogen) atoms. The van der Waals surface area contributed by atoms with Crippen molar-refractivity contribution < 1.29 is 0 Å². The summed E-state index contributed by atoms with van der Waals surface area (Å²) in [5.74, 6) is 0. The Kier molecular flexibility index (Phi) is 3.11. The molecule has 0 saturated carbocycles. The molecule has 1 aliphatic rings. The second-order valence-corrected chi connectivity index (χ2v) is 3.73. The Bertz CT molecular complexity index is 269. The summed E-state index contributed by atoms with van der Waals surface area (Å²) in [7, 11) is 0. The van der Waals surface area contributed by atoms with Gasteiger partial charge >= 0.3 is 0 Å². The first-order valence-corrected chi connectivity index (χ1v) is 5.24. The van der Waals surface area contributed by atoms with Gasteiger partial charge in [0.05, 0.1) is 0 Å². The summed E-state index contributed by atoms with van der Waals surface area (Å²) in [6.07, 6.45) is 3.73. The average molecular weight is 191 g/mol. The van der Waals surface area contributed by atoms with Gasteiger partial charge in [0.15, 0.2) is 0 Å². The first-order valence-electron chi connectivity index (χ1n) is 5.24. The van der Waals surface area contributed by atoms with Crippen molar-refractivity contribution in [3.8, 4) is 0 Å². The summed E-state index contributed by atoms with van der Waals surface area (Å²) < 4.78 is 0. The molecule has 0 aromatic carbocycles. The van der Waals surface area contributed by atoms with Gasteiger partial charge in [0, 0.05) is 38.1 Å². The molecule has 0 radical (unpaired) electrons. The second kappa shape index (κ2) is 4.53. The predicted molar refractivity (Wildman–Crippen MR) is 57.0 cm³/mol. The van der Waals surface area contributed by atoms with E-state index in [1.165, 1.54) is 5.56 Å². The summed E-state index contributed by atoms with van der Waals surface area (Å²) in [6.45, 7) is 6.66. The molecular formula is C11H17N3. The molecule has 3 nitrogen and oxygen atoms in total. The molecule has 1 N–H and O–H groups in total. The fourth-order valence-electron chi connectivity index (χ4n) is 1.75. The van der Waals surface area contributed by atoms with Crippen LogP contribution < -0.4 is 5.32 Å². The molecule has 2 heterocycles. The maximum atomic E-state index is 4.03. The van der Waals surface area contributed by atoms with Crippen LogP contribution in [-0.2, 0) is 6.54 Å². The van der Waals surface area contributed by atoms with Crippen molar-refractivity contribution in [1.82, 2.24) is 15.2 Å². The SMILES string of the molecule is CCN(Cc1ccncc1)C1CNC1. The standard InChI is InChI=1S/C11H17N3/c1-2-14(11-7-13-8-11)9-10-3-5-12-6-4-10/h3-6,11,13H,2,7-9H2,1H3. The molecule has 0 amide bonds. The molecule has 1 aromatic heterocycles. The number of hydrogen-bond donors (Lipinski definition) is 1. The van der Waals surface area contributed by atoms with Crippen molar-refractivity contribution in [3.05, 3.63) is 30.1 Å². The van der Waals surface area contributed by atoms with Crippen LogP contribution in [-0.4, -0.2) is 35.6 Å². The molecule has 0 bridgehead atoms. The van der Waals surface area contributed by atoms with E-state index in [2.05, 4.69) is 34.3 Å². The third-order valence-corrected chi connectivity index (χ3v) is 2.82. The van der Waals surface area contributed by atoms with Crippen molar-refractivity contribution in [2.45, 2.75) is 19.5 Å². The third kappa shape index (κ3) is 2.11. The average Bonchev–Trinajstić information content (AvgIpc) is 2.15. The van der Waals surface area contributed by atoms with Gasteiger partial charge in [0.2, 0.25) is 0 Å². The predicted octanol–water partition coefficient (Wildman–Crippen LogP) is 0.875. The zero-order valence-electron chi connectivity index (χ0n) is 8.61. The number of aromatic nitrogens is 1. The van der Waals surface area contributed by atoms with E-state index < -0.39 is 0 Å². The van der Waals surface area contributed by atoms with Gasteiger partial charge in [-0.05, 0) is 24.2 Å². The van der Waals surface area contributed by atoms with E-state index in [1.54, 1.807) is 0 Å². The maximum Gasteiger partial charge on any atom is 0.0348 e. The van der Waals surface area contributed by atoms with Gasteiger partial charge < -0.3 is 5.32 Å². The Balaban J connectivity index is 1.94. The lowest BCUT2D eigenvalue weighted by atomic mass is 10.1. The maximum absolute atomic E-state index is 4.03. The molecule has 1 aliphatic heterocycles. The molecule has 1 aromatic rings. The first kappa shape index (κ1) is 9.62. The Hall–Kier alpha value is -0.930. The molecule has 3 heteroatoms. The first-order chi connectivity index (χ1) is 6.90. The van der Waals surface area contributed by atoms with Crippen LogP contribution in [0.3, 0.4) is 0 Å². The van der Waals surface area contributed by atoms with Gasteiger partial charge in [-0.2, -0.15) is 0 Å². The van der Waals surface area contributed by atoms with E-state index in [9.17, 15) is 0 Å². The normalized spacial score (nSPS) is 17.0. The van der Waals surface area contributed by atoms with Crippen molar-refractivity contribution in [2.75, 3.05) is 19.6 Å². The van der Waals surface area contributed by atoms with E-state index in [-0.39, 0.29) is 0 Å². The van der Waals surface area contributed by atoms with Crippen LogP contribution in [0.15, 0.2) is 24.5 Å². The Morgan fingerprint density at radius 3 is 2.64 bits per heavy atom. The van der Waals surface area contributed by atoms with Gasteiger partial charge in [0.1, 0.15) is 0 Å². The minimum atomic E-state index is 0.730. The van der Waals surface area contributed by atoms with E-state index in [4.69, 9.17) is 0 Å². The Labute approximate surface area is 85.1 Å². The number of rotatable bonds is 4. The summed E-state index contributed by atoms with van der Waals surface area (Å²) in [5.41, 5.74) is 1.36. The molecule has 0 aliphatic carbocycles. The lowest BCUT2D eigenvalue weighted by Crippen LogP contribution is -2.56. The molecule has 1 saturated heterocycles. The van der Waals surface area contributed by atoms with Crippen molar-refractivity contribution in [3.63, 3.8) is 0 Å². The lowest BCUT2D eigenvalue weighted by molar-refractivity contribution is 0.145. The fourth-order valence-corrected chi connectivity index (χ4v) is 1.75. The Morgan fingerprint density at radius 1 is 1.43 bits per heavy atom. The van der Waals surface area contributed by atoms with E-state index in [0.29, 0.717) is 0 Å². The van der Waals surface area contributed by atoms with Crippen LogP contribution in [0.5, 0.6) is 0 Å². The van der Waals surface area contributed by atoms with Gasteiger partial charge in [-0.25, -0.2) is 0 Å². The number of hydrogen-bond acceptors (Lipinski definition) is 3. The number of likely N-dealkylation sites (N-methyl/N-ethyl adjacent to an activating group) is 1. The largest absolute Gasteiger partial charge is 0.314 e. The summed E-state index contributed by atoms with van der Waals surface area (Å²) in [5, 5.41) is 3.31. The highest BCUT2D eigenvalue weighted by Gasteiger charge is 2.22. The second-order valence-electron chi connectivity index (χ2n) is 3.73. The van der Waals surface area contributed by atoms with Crippen LogP contribution >= 0.6 is 0 Å². The lowest BCUT2D eigenvalue weighted by Gasteiger charge is -2.37. The van der Waals surface area contributed by atoms with Crippen LogP contribution in [0.4, 0.5) is 0 Å². The molecular weight excluding hydrogens is 174 g/mol. The quantitative estimate of drug-likeness (QED) is 0.765. The molecule has 0 spiro atoms. The minimum absolute atomic E-state index is 0.730. The molecule has 0 atom stereocenters. The minimum Gasteiger partial charge on any atom is -0.314 e. The highest BCUT2D eigenvalue weighted by atomic mass is 15.2. The number of nitrogens with zero attached hydrogens (tertiary/aromatic N) is 2. The number of pyridine rings is 1. The molecule has 0 unspecified atom stereocenters. The fraction of sp³-hybridized carbons (Fsp3) is 0.545. The van der Waals surface area contributed by atoms with Crippen molar-refractivity contribution in [2.24, 2.45) is 0 Å². The summed E-state index contributed by atoms with van der Waals surface area (Å²) >= 11 is 0. The van der Waals surface area contributed by atoms with E-state index in [1.807, 2.05) is 12.4 Å². The monoisotopic (exact) mass is 191 g/mol. The van der Waals surface area contributed by atoms with Crippen molar-refractivity contribution in [1.29, 1.82) is 0 Å². The zero-order valence-corrected chi connectivity index (χ0v) is 8.61.